The molecule has 1 aromatic heterocycles. The first kappa shape index (κ1) is 14.5. The maximum Gasteiger partial charge on any atom is 0.258 e. The molecule has 1 heterocycles. The fraction of sp³-hybridized carbons (Fsp3) is 0. The molecule has 22 heavy (non-hydrogen) atoms. The molecule has 6 heteroatoms. The van der Waals surface area contributed by atoms with Crippen molar-refractivity contribution in [3.8, 4) is 11.3 Å². The Morgan fingerprint density at radius 1 is 1.09 bits per heavy atom. The number of nitrogens with one attached hydrogen (secondary N) is 1. The average Bonchev–Trinajstić information content (AvgIpc) is 2.97. The SMILES string of the molecule is O=C(Nc1cc(-c2ccc(Br)cc2)no1)c1ccc(F)cc1. The van der Waals surface area contributed by atoms with Crippen molar-refractivity contribution in [3.63, 3.8) is 0 Å². The zero-order valence-corrected chi connectivity index (χ0v) is 12.8. The molecule has 0 saturated carbocycles. The molecule has 3 rings (SSSR count). The van der Waals surface area contributed by atoms with E-state index in [4.69, 9.17) is 4.52 Å². The van der Waals surface area contributed by atoms with E-state index in [9.17, 15) is 9.18 Å². The molecule has 0 bridgehead atoms. The van der Waals surface area contributed by atoms with Crippen molar-refractivity contribution in [2.75, 3.05) is 5.32 Å². The number of benzene rings is 2. The molecule has 1 N–H and O–H groups in total. The van der Waals surface area contributed by atoms with Crippen LogP contribution in [0.25, 0.3) is 11.3 Å². The minimum absolute atomic E-state index is 0.229. The number of carbonyl (C=O) groups is 1. The second-order valence-electron chi connectivity index (χ2n) is 4.54. The topological polar surface area (TPSA) is 55.1 Å². The Morgan fingerprint density at radius 2 is 1.77 bits per heavy atom. The van der Waals surface area contributed by atoms with Crippen LogP contribution in [0.5, 0.6) is 0 Å². The molecule has 3 aromatic rings. The van der Waals surface area contributed by atoms with E-state index in [0.29, 0.717) is 11.3 Å². The highest BCUT2D eigenvalue weighted by Gasteiger charge is 2.11. The van der Waals surface area contributed by atoms with Gasteiger partial charge < -0.3 is 4.52 Å². The number of rotatable bonds is 3. The molecule has 0 unspecified atom stereocenters. The summed E-state index contributed by atoms with van der Waals surface area (Å²) in [6.07, 6.45) is 0. The van der Waals surface area contributed by atoms with Crippen LogP contribution in [0.3, 0.4) is 0 Å². The van der Waals surface area contributed by atoms with E-state index in [1.165, 1.54) is 24.3 Å². The Kier molecular flexibility index (Phi) is 4.02. The number of halogens is 2. The third-order valence-electron chi connectivity index (χ3n) is 2.99. The van der Waals surface area contributed by atoms with Crippen LogP contribution in [-0.4, -0.2) is 11.1 Å². The summed E-state index contributed by atoms with van der Waals surface area (Å²) in [5.41, 5.74) is 1.82. The number of aromatic nitrogens is 1. The minimum Gasteiger partial charge on any atom is -0.338 e. The molecule has 0 atom stereocenters. The lowest BCUT2D eigenvalue weighted by atomic mass is 10.1. The third-order valence-corrected chi connectivity index (χ3v) is 3.52. The standard InChI is InChI=1S/C16H10BrFN2O2/c17-12-5-1-10(2-6-12)14-9-15(22-20-14)19-16(21)11-3-7-13(18)8-4-11/h1-9H,(H,19,21). The van der Waals surface area contributed by atoms with Gasteiger partial charge in [0.05, 0.1) is 0 Å². The molecule has 1 amide bonds. The third kappa shape index (κ3) is 3.23. The number of hydrogen-bond donors (Lipinski definition) is 1. The van der Waals surface area contributed by atoms with Gasteiger partial charge in [0.1, 0.15) is 11.5 Å². The fourth-order valence-corrected chi connectivity index (χ4v) is 2.14. The van der Waals surface area contributed by atoms with Crippen molar-refractivity contribution in [1.82, 2.24) is 5.16 Å². The van der Waals surface area contributed by atoms with E-state index in [2.05, 4.69) is 26.4 Å². The lowest BCUT2D eigenvalue weighted by Crippen LogP contribution is -2.11. The van der Waals surface area contributed by atoms with Gasteiger partial charge in [-0.1, -0.05) is 33.2 Å². The van der Waals surface area contributed by atoms with Crippen LogP contribution in [0, 0.1) is 5.82 Å². The fourth-order valence-electron chi connectivity index (χ4n) is 1.88. The van der Waals surface area contributed by atoms with Gasteiger partial charge in [0, 0.05) is 21.7 Å². The van der Waals surface area contributed by atoms with Crippen LogP contribution < -0.4 is 5.32 Å². The molecule has 0 spiro atoms. The summed E-state index contributed by atoms with van der Waals surface area (Å²) in [4.78, 5) is 12.0. The summed E-state index contributed by atoms with van der Waals surface area (Å²) in [6.45, 7) is 0. The second kappa shape index (κ2) is 6.11. The number of carbonyl (C=O) groups excluding carboxylic acids is 1. The molecule has 0 saturated heterocycles. The predicted molar refractivity (Wildman–Crippen MR) is 84.0 cm³/mol. The summed E-state index contributed by atoms with van der Waals surface area (Å²) < 4.78 is 18.9. The summed E-state index contributed by atoms with van der Waals surface area (Å²) >= 11 is 3.36. The van der Waals surface area contributed by atoms with Gasteiger partial charge in [0.2, 0.25) is 5.88 Å². The summed E-state index contributed by atoms with van der Waals surface area (Å²) in [5, 5.41) is 6.49. The minimum atomic E-state index is -0.395. The molecular weight excluding hydrogens is 351 g/mol. The van der Waals surface area contributed by atoms with Crippen molar-refractivity contribution in [2.45, 2.75) is 0 Å². The highest BCUT2D eigenvalue weighted by Crippen LogP contribution is 2.23. The van der Waals surface area contributed by atoms with Gasteiger partial charge in [-0.2, -0.15) is 0 Å². The van der Waals surface area contributed by atoms with E-state index in [1.807, 2.05) is 24.3 Å². The molecule has 0 aliphatic rings. The highest BCUT2D eigenvalue weighted by molar-refractivity contribution is 9.10. The van der Waals surface area contributed by atoms with E-state index in [0.717, 1.165) is 10.0 Å². The average molecular weight is 361 g/mol. The smallest absolute Gasteiger partial charge is 0.258 e. The van der Waals surface area contributed by atoms with Gasteiger partial charge in [0.15, 0.2) is 0 Å². The van der Waals surface area contributed by atoms with Gasteiger partial charge in [-0.05, 0) is 36.4 Å². The van der Waals surface area contributed by atoms with Crippen LogP contribution in [0.1, 0.15) is 10.4 Å². The molecule has 4 nitrogen and oxygen atoms in total. The van der Waals surface area contributed by atoms with Crippen LogP contribution in [0.15, 0.2) is 63.6 Å². The summed E-state index contributed by atoms with van der Waals surface area (Å²) in [6, 6.07) is 14.4. The highest BCUT2D eigenvalue weighted by atomic mass is 79.9. The zero-order valence-electron chi connectivity index (χ0n) is 11.2. The van der Waals surface area contributed by atoms with Crippen LogP contribution in [0.2, 0.25) is 0 Å². The van der Waals surface area contributed by atoms with Gasteiger partial charge in [-0.15, -0.1) is 0 Å². The maximum atomic E-state index is 12.8. The van der Waals surface area contributed by atoms with Crippen molar-refractivity contribution >= 4 is 27.7 Å². The first-order valence-corrected chi connectivity index (χ1v) is 7.21. The molecule has 0 radical (unpaired) electrons. The quantitative estimate of drug-likeness (QED) is 0.748. The Balaban J connectivity index is 1.75. The summed E-state index contributed by atoms with van der Waals surface area (Å²) in [5.74, 6) is -0.556. The van der Waals surface area contributed by atoms with Gasteiger partial charge in [0.25, 0.3) is 5.91 Å². The molecule has 0 aliphatic carbocycles. The maximum absolute atomic E-state index is 12.8. The van der Waals surface area contributed by atoms with Gasteiger partial charge in [-0.25, -0.2) is 4.39 Å². The van der Waals surface area contributed by atoms with Gasteiger partial charge in [-0.3, -0.25) is 10.1 Å². The molecule has 110 valence electrons. The second-order valence-corrected chi connectivity index (χ2v) is 5.46. The van der Waals surface area contributed by atoms with E-state index in [1.54, 1.807) is 6.07 Å². The van der Waals surface area contributed by atoms with Crippen LogP contribution in [0.4, 0.5) is 10.3 Å². The van der Waals surface area contributed by atoms with E-state index in [-0.39, 0.29) is 5.88 Å². The van der Waals surface area contributed by atoms with Crippen LogP contribution >= 0.6 is 15.9 Å². The van der Waals surface area contributed by atoms with Gasteiger partial charge >= 0.3 is 0 Å². The molecule has 0 aliphatic heterocycles. The van der Waals surface area contributed by atoms with Crippen molar-refractivity contribution in [3.05, 3.63) is 70.5 Å². The first-order chi connectivity index (χ1) is 10.6. The van der Waals surface area contributed by atoms with E-state index >= 15 is 0 Å². The van der Waals surface area contributed by atoms with E-state index < -0.39 is 11.7 Å². The summed E-state index contributed by atoms with van der Waals surface area (Å²) in [7, 11) is 0. The van der Waals surface area contributed by atoms with Crippen molar-refractivity contribution in [2.24, 2.45) is 0 Å². The molecule has 0 fully saturated rings. The lowest BCUT2D eigenvalue weighted by Gasteiger charge is -2.00. The number of hydrogen-bond acceptors (Lipinski definition) is 3. The normalized spacial score (nSPS) is 10.5. The molecule has 2 aromatic carbocycles. The number of amides is 1. The number of anilines is 1. The Hall–Kier alpha value is -2.47. The zero-order chi connectivity index (χ0) is 15.5. The largest absolute Gasteiger partial charge is 0.338 e. The Morgan fingerprint density at radius 3 is 2.45 bits per heavy atom. The molecular formula is C16H10BrFN2O2. The lowest BCUT2D eigenvalue weighted by molar-refractivity contribution is 0.102. The number of nitrogens with zero attached hydrogens (tertiary/aromatic N) is 1. The Bertz CT molecular complexity index is 798. The van der Waals surface area contributed by atoms with Crippen molar-refractivity contribution < 1.29 is 13.7 Å². The van der Waals surface area contributed by atoms with Crippen LogP contribution in [-0.2, 0) is 0 Å². The van der Waals surface area contributed by atoms with Crippen molar-refractivity contribution in [1.29, 1.82) is 0 Å². The Labute approximate surface area is 134 Å². The monoisotopic (exact) mass is 360 g/mol. The first-order valence-electron chi connectivity index (χ1n) is 6.41. The predicted octanol–water partition coefficient (Wildman–Crippen LogP) is 4.50.